The minimum absolute atomic E-state index is 0. The molecule has 4 heterocycles. The molecule has 16 heteroatoms. The molecule has 0 saturated carbocycles. The molecule has 4 aliphatic rings. The molecule has 2 unspecified atom stereocenters. The van der Waals surface area contributed by atoms with Crippen LogP contribution in [0, 0.1) is 29.3 Å². The van der Waals surface area contributed by atoms with E-state index in [0.29, 0.717) is 39.4 Å². The number of amides is 3. The van der Waals surface area contributed by atoms with Crippen molar-refractivity contribution in [3.8, 4) is 34.3 Å². The number of aryl methyl sites for hydroxylation is 1. The zero-order chi connectivity index (χ0) is 60.7. The number of nitrogens with zero attached hydrogens (tertiary/aromatic N) is 4. The lowest BCUT2D eigenvalue weighted by Crippen LogP contribution is -2.36. The quantitative estimate of drug-likeness (QED) is 0.0362. The Morgan fingerprint density at radius 3 is 1.61 bits per heavy atom. The summed E-state index contributed by atoms with van der Waals surface area (Å²) < 4.78 is 4.49. The number of nitrogens with one attached hydrogen (secondary N) is 3. The van der Waals surface area contributed by atoms with Gasteiger partial charge in [0.15, 0.2) is 0 Å². The normalized spacial score (nSPS) is 17.1. The number of carbonyl (C=O) groups is 3. The Morgan fingerprint density at radius 1 is 0.591 bits per heavy atom. The highest BCUT2D eigenvalue weighted by Crippen LogP contribution is 2.41. The molecule has 2 spiro atoms. The van der Waals surface area contributed by atoms with Crippen molar-refractivity contribution in [3.63, 3.8) is 0 Å². The Kier molecular flexibility index (Phi) is 26.9. The number of ether oxygens (including phenoxy) is 1. The number of alkyl halides is 2. The van der Waals surface area contributed by atoms with Gasteiger partial charge in [-0.05, 0) is 175 Å². The highest BCUT2D eigenvalue weighted by Gasteiger charge is 2.45. The number of nitriles is 1. The van der Waals surface area contributed by atoms with Crippen LogP contribution in [0.4, 0.5) is 27.5 Å². The van der Waals surface area contributed by atoms with Gasteiger partial charge in [-0.3, -0.25) is 19.4 Å². The standard InChI is InChI=1S/C34H35N5O2.C14H20N2.C13H13N.C8H4ClNO2.CH2Cl2.2CH4.H2/c35-30-16-13-28(26-9-5-2-6-10-26)21-31(30)37-32(40)27-11-14-29(15-12-27)36-33(41)39-20-18-34(24-39)17-19-38(23-34)22-25-7-3-1-4-8-25;1-2-4-13(5-3-1)10-16-9-7-14(12-16)6-8-15-11-14;1-10-7-8-12(9-13(10)14)11-5-3-2-4-6-11;9-8(11)6-1-3-7(4-2-6)12-5-10;2-1-3;;;/h1-16,21H,17-20,22-24,35H2,(H,36,41)(H,37,40);1-5,15H,6-12H2;2-9H,14H2,1H3;1-4H;1H2;2*1H4;1H/i;;;;;;;1+1. The molecule has 4 saturated heterocycles. The number of nitrogens with two attached hydrogens (primary N) is 2. The van der Waals surface area contributed by atoms with Gasteiger partial charge in [-0.25, -0.2) is 4.79 Å². The van der Waals surface area contributed by atoms with Crippen LogP contribution in [0.15, 0.2) is 206 Å². The Balaban J connectivity index is 0.000000246. The second-order valence-corrected chi connectivity index (χ2v) is 23.3. The minimum Gasteiger partial charge on any atom is -0.398 e. The van der Waals surface area contributed by atoms with E-state index in [4.69, 9.17) is 51.5 Å². The van der Waals surface area contributed by atoms with E-state index < -0.39 is 5.24 Å². The van der Waals surface area contributed by atoms with Gasteiger partial charge in [0.1, 0.15) is 5.75 Å². The molecule has 4 fully saturated rings. The Hall–Kier alpha value is -8.19. The molecule has 0 radical (unpaired) electrons. The molecule has 12 rings (SSSR count). The van der Waals surface area contributed by atoms with Crippen LogP contribution in [0.25, 0.3) is 22.3 Å². The van der Waals surface area contributed by atoms with Crippen molar-refractivity contribution in [2.24, 2.45) is 10.8 Å². The summed E-state index contributed by atoms with van der Waals surface area (Å²) in [5, 5.41) is 17.2. The van der Waals surface area contributed by atoms with Crippen LogP contribution >= 0.6 is 34.8 Å². The highest BCUT2D eigenvalue weighted by molar-refractivity contribution is 6.67. The zero-order valence-electron chi connectivity index (χ0n) is 48.4. The highest BCUT2D eigenvalue weighted by atomic mass is 35.5. The molecule has 7 N–H and O–H groups in total. The van der Waals surface area contributed by atoms with Crippen molar-refractivity contribution in [1.29, 1.82) is 5.26 Å². The summed E-state index contributed by atoms with van der Waals surface area (Å²) in [5.74, 6) is 0.127. The zero-order valence-corrected chi connectivity index (χ0v) is 50.7. The van der Waals surface area contributed by atoms with Crippen molar-refractivity contribution in [3.05, 3.63) is 234 Å². The molecule has 4 aliphatic heterocycles. The molecule has 13 nitrogen and oxygen atoms in total. The van der Waals surface area contributed by atoms with E-state index in [9.17, 15) is 14.4 Å². The van der Waals surface area contributed by atoms with E-state index in [0.717, 1.165) is 74.5 Å². The monoisotopic (exact) mass is 1240 g/mol. The van der Waals surface area contributed by atoms with Crippen LogP contribution in [0.3, 0.4) is 0 Å². The SMILES string of the molecule is C.C.Cc1ccc(-c2ccccc2)cc1N.ClCCl.N#COc1ccc(C(=O)Cl)cc1.Nc1ccc(-c2ccccc2)cc1NC(=O)c1ccc(NC(=O)N2CCC3(CCN(Cc4ccccc4)C3)C2)cc1.[2HH].c1ccc(CN2CCC3(CCNC3)C2)cc1. The van der Waals surface area contributed by atoms with Crippen LogP contribution < -0.4 is 32.2 Å². The molecule has 8 aromatic rings. The minimum atomic E-state index is -0.529. The number of halogens is 3. The summed E-state index contributed by atoms with van der Waals surface area (Å²) in [6, 6.07) is 66.2. The number of anilines is 4. The van der Waals surface area contributed by atoms with E-state index >= 15 is 0 Å². The predicted molar refractivity (Wildman–Crippen MR) is 367 cm³/mol. The lowest BCUT2D eigenvalue weighted by atomic mass is 9.86. The topological polar surface area (TPSA) is 182 Å². The third-order valence-electron chi connectivity index (χ3n) is 16.0. The van der Waals surface area contributed by atoms with E-state index in [2.05, 4.69) is 109 Å². The van der Waals surface area contributed by atoms with E-state index in [-0.39, 0.29) is 39.0 Å². The number of nitrogen functional groups attached to an aromatic ring is 2. The van der Waals surface area contributed by atoms with Crippen LogP contribution in [0.2, 0.25) is 0 Å². The maximum absolute atomic E-state index is 13.1. The molecule has 88 heavy (non-hydrogen) atoms. The van der Waals surface area contributed by atoms with Crippen molar-refractivity contribution < 1.29 is 20.5 Å². The summed E-state index contributed by atoms with van der Waals surface area (Å²) in [4.78, 5) is 43.7. The summed E-state index contributed by atoms with van der Waals surface area (Å²) in [6.07, 6.45) is 6.41. The van der Waals surface area contributed by atoms with Crippen molar-refractivity contribution in [1.82, 2.24) is 20.0 Å². The second-order valence-electron chi connectivity index (χ2n) is 22.2. The smallest absolute Gasteiger partial charge is 0.321 e. The molecule has 2 atom stereocenters. The first-order chi connectivity index (χ1) is 41.7. The second kappa shape index (κ2) is 34.4. The maximum Gasteiger partial charge on any atom is 0.321 e. The number of urea groups is 1. The Morgan fingerprint density at radius 2 is 1.09 bits per heavy atom. The number of hydrogen-bond acceptors (Lipinski definition) is 10. The third kappa shape index (κ3) is 20.2. The first-order valence-electron chi connectivity index (χ1n) is 28.8. The van der Waals surface area contributed by atoms with Crippen molar-refractivity contribution >= 4 is 74.7 Å². The lowest BCUT2D eigenvalue weighted by Gasteiger charge is -2.25. The summed E-state index contributed by atoms with van der Waals surface area (Å²) in [6.45, 7) is 12.7. The van der Waals surface area contributed by atoms with Gasteiger partial charge in [-0.15, -0.1) is 28.5 Å². The average molecular weight is 1250 g/mol. The van der Waals surface area contributed by atoms with E-state index in [1.54, 1.807) is 30.3 Å². The fraction of sp³-hybridized carbons (Fsp3) is 0.278. The van der Waals surface area contributed by atoms with Gasteiger partial charge >= 0.3 is 6.03 Å². The molecule has 8 aromatic carbocycles. The van der Waals surface area contributed by atoms with Crippen molar-refractivity contribution in [2.75, 3.05) is 79.8 Å². The van der Waals surface area contributed by atoms with Gasteiger partial charge in [0.2, 0.25) is 0 Å². The fourth-order valence-electron chi connectivity index (χ4n) is 11.3. The average Bonchev–Trinajstić information content (AvgIpc) is 1.95. The van der Waals surface area contributed by atoms with Gasteiger partial charge in [0.25, 0.3) is 17.4 Å². The number of carbonyl (C=O) groups excluding carboxylic acids is 3. The Bertz CT molecular complexity index is 3490. The first kappa shape index (κ1) is 68.9. The van der Waals surface area contributed by atoms with Gasteiger partial charge in [0.05, 0.1) is 16.7 Å². The first-order valence-corrected chi connectivity index (χ1v) is 30.2. The molecule has 0 aromatic heterocycles. The van der Waals surface area contributed by atoms with Crippen LogP contribution in [-0.4, -0.2) is 89.6 Å². The number of benzene rings is 8. The molecular weight excluding hydrogens is 1160 g/mol. The van der Waals surface area contributed by atoms with Crippen LogP contribution in [0.1, 0.15) is 79.4 Å². The molecule has 462 valence electrons. The van der Waals surface area contributed by atoms with E-state index in [1.807, 2.05) is 84.6 Å². The van der Waals surface area contributed by atoms with Gasteiger partial charge < -0.3 is 37.1 Å². The van der Waals surface area contributed by atoms with Gasteiger partial charge in [-0.2, -0.15) is 0 Å². The number of likely N-dealkylation sites (tertiary alicyclic amines) is 3. The molecular formula is C72H84Cl3N9O4. The van der Waals surface area contributed by atoms with Crippen LogP contribution in [0.5, 0.6) is 5.75 Å². The third-order valence-corrected chi connectivity index (χ3v) is 16.2. The summed E-state index contributed by atoms with van der Waals surface area (Å²) >= 11 is 14.7. The maximum atomic E-state index is 13.1. The summed E-state index contributed by atoms with van der Waals surface area (Å²) in [7, 11) is 0. The molecule has 0 bridgehead atoms. The van der Waals surface area contributed by atoms with Gasteiger partial charge in [0, 0.05) is 75.2 Å². The molecule has 0 aliphatic carbocycles. The van der Waals surface area contributed by atoms with E-state index in [1.165, 1.54) is 91.8 Å². The molecule has 3 amide bonds. The fourth-order valence-corrected chi connectivity index (χ4v) is 11.5. The van der Waals surface area contributed by atoms with Crippen molar-refractivity contribution in [2.45, 2.75) is 60.5 Å². The largest absolute Gasteiger partial charge is 0.398 e. The predicted octanol–water partition coefficient (Wildman–Crippen LogP) is 16.3. The number of hydrogen-bond donors (Lipinski definition) is 5. The summed E-state index contributed by atoms with van der Waals surface area (Å²) in [5.41, 5.74) is 24.5. The Labute approximate surface area is 537 Å². The van der Waals surface area contributed by atoms with Gasteiger partial charge in [-0.1, -0.05) is 154 Å². The van der Waals surface area contributed by atoms with Crippen LogP contribution in [-0.2, 0) is 13.1 Å². The number of rotatable bonds is 11. The lowest BCUT2D eigenvalue weighted by molar-refractivity contribution is 0.102.